The van der Waals surface area contributed by atoms with E-state index in [-0.39, 0.29) is 11.5 Å². The number of benzene rings is 2. The third-order valence-corrected chi connectivity index (χ3v) is 3.31. The highest BCUT2D eigenvalue weighted by atomic mass is 19.4. The molecule has 3 aromatic rings. The summed E-state index contributed by atoms with van der Waals surface area (Å²) in [5, 5.41) is 23.3. The molecule has 23 heavy (non-hydrogen) atoms. The molecule has 2 aromatic carbocycles. The molecule has 118 valence electrons. The zero-order valence-corrected chi connectivity index (χ0v) is 11.6. The third-order valence-electron chi connectivity index (χ3n) is 3.31. The number of alkyl halides is 3. The first-order chi connectivity index (χ1) is 10.8. The lowest BCUT2D eigenvalue weighted by Crippen LogP contribution is -2.05. The summed E-state index contributed by atoms with van der Waals surface area (Å²) < 4.78 is 39.1. The minimum Gasteiger partial charge on any atom is -0.508 e. The van der Waals surface area contributed by atoms with E-state index in [0.717, 1.165) is 12.1 Å². The van der Waals surface area contributed by atoms with Gasteiger partial charge in [-0.05, 0) is 42.5 Å². The van der Waals surface area contributed by atoms with E-state index < -0.39 is 11.7 Å². The molecule has 0 saturated carbocycles. The van der Waals surface area contributed by atoms with Crippen molar-refractivity contribution in [3.05, 3.63) is 60.3 Å². The zero-order chi connectivity index (χ0) is 16.6. The molecular formula is C16H11F3N2O2. The first kappa shape index (κ1) is 15.0. The number of rotatable bonds is 2. The molecule has 0 aliphatic heterocycles. The van der Waals surface area contributed by atoms with E-state index >= 15 is 0 Å². The summed E-state index contributed by atoms with van der Waals surface area (Å²) in [6, 6.07) is 10.3. The molecule has 0 saturated heterocycles. The molecule has 0 spiro atoms. The van der Waals surface area contributed by atoms with Crippen LogP contribution in [0.15, 0.2) is 54.7 Å². The third kappa shape index (κ3) is 2.98. The van der Waals surface area contributed by atoms with Gasteiger partial charge in [-0.15, -0.1) is 0 Å². The Bertz CT molecular complexity index is 839. The zero-order valence-electron chi connectivity index (χ0n) is 11.6. The van der Waals surface area contributed by atoms with Crippen molar-refractivity contribution in [2.75, 3.05) is 0 Å². The largest absolute Gasteiger partial charge is 0.508 e. The highest BCUT2D eigenvalue weighted by Gasteiger charge is 2.30. The summed E-state index contributed by atoms with van der Waals surface area (Å²) in [5.74, 6) is -0.212. The lowest BCUT2D eigenvalue weighted by atomic mass is 10.1. The van der Waals surface area contributed by atoms with Gasteiger partial charge in [0.15, 0.2) is 0 Å². The normalized spacial score (nSPS) is 11.6. The van der Waals surface area contributed by atoms with E-state index in [9.17, 15) is 23.4 Å². The molecule has 0 atom stereocenters. The molecule has 1 heterocycles. The van der Waals surface area contributed by atoms with E-state index in [1.54, 1.807) is 12.3 Å². The first-order valence-corrected chi connectivity index (χ1v) is 6.60. The highest BCUT2D eigenvalue weighted by Crippen LogP contribution is 2.32. The summed E-state index contributed by atoms with van der Waals surface area (Å²) in [6.45, 7) is 0. The molecule has 4 nitrogen and oxygen atoms in total. The van der Waals surface area contributed by atoms with Gasteiger partial charge in [-0.2, -0.15) is 18.3 Å². The van der Waals surface area contributed by atoms with Crippen molar-refractivity contribution in [3.63, 3.8) is 0 Å². The number of hydrogen-bond donors (Lipinski definition) is 2. The van der Waals surface area contributed by atoms with E-state index in [1.165, 1.54) is 35.0 Å². The Hall–Kier alpha value is -2.96. The number of hydrogen-bond acceptors (Lipinski definition) is 3. The summed E-state index contributed by atoms with van der Waals surface area (Å²) in [4.78, 5) is 0. The number of phenols is 2. The molecule has 1 aromatic heterocycles. The fourth-order valence-electron chi connectivity index (χ4n) is 2.15. The van der Waals surface area contributed by atoms with E-state index in [2.05, 4.69) is 5.10 Å². The second-order valence-corrected chi connectivity index (χ2v) is 4.89. The van der Waals surface area contributed by atoms with Crippen LogP contribution in [0.2, 0.25) is 0 Å². The smallest absolute Gasteiger partial charge is 0.416 e. The van der Waals surface area contributed by atoms with Crippen LogP contribution in [0.25, 0.3) is 16.9 Å². The van der Waals surface area contributed by atoms with Crippen molar-refractivity contribution >= 4 is 0 Å². The van der Waals surface area contributed by atoms with Gasteiger partial charge in [0.2, 0.25) is 0 Å². The van der Waals surface area contributed by atoms with Gasteiger partial charge in [-0.3, -0.25) is 0 Å². The predicted molar refractivity (Wildman–Crippen MR) is 77.3 cm³/mol. The Morgan fingerprint density at radius 1 is 0.913 bits per heavy atom. The summed E-state index contributed by atoms with van der Waals surface area (Å²) in [6.07, 6.45) is -2.81. The SMILES string of the molecule is Oc1ccc(-c2ccn(-c3ccc(C(F)(F)F)cc3)n2)c(O)c1. The van der Waals surface area contributed by atoms with E-state index in [0.29, 0.717) is 16.9 Å². The van der Waals surface area contributed by atoms with E-state index in [4.69, 9.17) is 0 Å². The number of phenolic OH excluding ortho intramolecular Hbond substituents is 2. The van der Waals surface area contributed by atoms with Gasteiger partial charge in [-0.1, -0.05) is 0 Å². The second kappa shape index (κ2) is 5.35. The van der Waals surface area contributed by atoms with Crippen LogP contribution in [0, 0.1) is 0 Å². The quantitative estimate of drug-likeness (QED) is 0.751. The monoisotopic (exact) mass is 320 g/mol. The van der Waals surface area contributed by atoms with Gasteiger partial charge in [0.25, 0.3) is 0 Å². The Kier molecular flexibility index (Phi) is 3.48. The van der Waals surface area contributed by atoms with Crippen LogP contribution in [-0.2, 0) is 6.18 Å². The topological polar surface area (TPSA) is 58.3 Å². The molecule has 0 bridgehead atoms. The van der Waals surface area contributed by atoms with Gasteiger partial charge in [0, 0.05) is 17.8 Å². The Labute approximate surface area is 129 Å². The molecule has 0 aliphatic carbocycles. The van der Waals surface area contributed by atoms with Crippen LogP contribution in [0.3, 0.4) is 0 Å². The average Bonchev–Trinajstić information content (AvgIpc) is 2.96. The molecule has 0 fully saturated rings. The maximum absolute atomic E-state index is 12.6. The Balaban J connectivity index is 1.93. The van der Waals surface area contributed by atoms with Crippen molar-refractivity contribution < 1.29 is 23.4 Å². The van der Waals surface area contributed by atoms with Crippen molar-refractivity contribution in [3.8, 4) is 28.4 Å². The fourth-order valence-corrected chi connectivity index (χ4v) is 2.15. The van der Waals surface area contributed by atoms with Crippen LogP contribution in [0.1, 0.15) is 5.56 Å². The molecule has 0 aliphatic rings. The highest BCUT2D eigenvalue weighted by molar-refractivity contribution is 5.67. The molecule has 3 rings (SSSR count). The van der Waals surface area contributed by atoms with Gasteiger partial charge in [0.1, 0.15) is 11.5 Å². The molecule has 0 radical (unpaired) electrons. The molecule has 0 unspecified atom stereocenters. The molecular weight excluding hydrogens is 309 g/mol. The lowest BCUT2D eigenvalue weighted by molar-refractivity contribution is -0.137. The number of aromatic nitrogens is 2. The Morgan fingerprint density at radius 2 is 1.61 bits per heavy atom. The predicted octanol–water partition coefficient (Wildman–Crippen LogP) is 3.97. The standard InChI is InChI=1S/C16H11F3N2O2/c17-16(18,19)10-1-3-11(4-2-10)21-8-7-14(20-21)13-6-5-12(22)9-15(13)23/h1-9,22-23H. The van der Waals surface area contributed by atoms with Crippen LogP contribution < -0.4 is 0 Å². The summed E-state index contributed by atoms with van der Waals surface area (Å²) in [5.41, 5.74) is 0.572. The van der Waals surface area contributed by atoms with Crippen molar-refractivity contribution in [2.24, 2.45) is 0 Å². The summed E-state index contributed by atoms with van der Waals surface area (Å²) >= 11 is 0. The van der Waals surface area contributed by atoms with Crippen LogP contribution in [-0.4, -0.2) is 20.0 Å². The van der Waals surface area contributed by atoms with Gasteiger partial charge in [0.05, 0.1) is 16.9 Å². The second-order valence-electron chi connectivity index (χ2n) is 4.89. The van der Waals surface area contributed by atoms with Crippen LogP contribution >= 0.6 is 0 Å². The van der Waals surface area contributed by atoms with Gasteiger partial charge < -0.3 is 10.2 Å². The maximum Gasteiger partial charge on any atom is 0.416 e. The number of aromatic hydroxyl groups is 2. The Morgan fingerprint density at radius 3 is 2.22 bits per heavy atom. The lowest BCUT2D eigenvalue weighted by Gasteiger charge is -2.07. The van der Waals surface area contributed by atoms with Gasteiger partial charge >= 0.3 is 6.18 Å². The minimum absolute atomic E-state index is 0.0755. The van der Waals surface area contributed by atoms with Crippen molar-refractivity contribution in [2.45, 2.75) is 6.18 Å². The molecule has 0 amide bonds. The van der Waals surface area contributed by atoms with Crippen molar-refractivity contribution in [1.82, 2.24) is 9.78 Å². The molecule has 7 heteroatoms. The van der Waals surface area contributed by atoms with E-state index in [1.807, 2.05) is 0 Å². The van der Waals surface area contributed by atoms with Crippen LogP contribution in [0.4, 0.5) is 13.2 Å². The summed E-state index contributed by atoms with van der Waals surface area (Å²) in [7, 11) is 0. The maximum atomic E-state index is 12.6. The number of nitrogens with zero attached hydrogens (tertiary/aromatic N) is 2. The van der Waals surface area contributed by atoms with Crippen molar-refractivity contribution in [1.29, 1.82) is 0 Å². The molecule has 2 N–H and O–H groups in total. The number of halogens is 3. The van der Waals surface area contributed by atoms with Gasteiger partial charge in [-0.25, -0.2) is 4.68 Å². The average molecular weight is 320 g/mol. The fraction of sp³-hybridized carbons (Fsp3) is 0.0625. The van der Waals surface area contributed by atoms with Crippen LogP contribution in [0.5, 0.6) is 11.5 Å². The first-order valence-electron chi connectivity index (χ1n) is 6.60. The minimum atomic E-state index is -4.38.